The van der Waals surface area contributed by atoms with E-state index in [0.717, 1.165) is 22.8 Å². The summed E-state index contributed by atoms with van der Waals surface area (Å²) in [5.74, 6) is 0.930. The van der Waals surface area contributed by atoms with Gasteiger partial charge in [-0.15, -0.1) is 11.3 Å². The predicted molar refractivity (Wildman–Crippen MR) is 75.9 cm³/mol. The summed E-state index contributed by atoms with van der Waals surface area (Å²) < 4.78 is 0. The first-order valence-corrected chi connectivity index (χ1v) is 6.63. The summed E-state index contributed by atoms with van der Waals surface area (Å²) in [7, 11) is 0. The van der Waals surface area contributed by atoms with E-state index in [1.807, 2.05) is 37.5 Å². The monoisotopic (exact) mass is 255 g/mol. The van der Waals surface area contributed by atoms with E-state index in [2.05, 4.69) is 27.4 Å². The molecule has 0 radical (unpaired) electrons. The first-order chi connectivity index (χ1) is 8.83. The molecule has 1 aromatic carbocycles. The van der Waals surface area contributed by atoms with Gasteiger partial charge in [0.1, 0.15) is 5.82 Å². The second kappa shape index (κ2) is 4.74. The van der Waals surface area contributed by atoms with Crippen LogP contribution in [-0.4, -0.2) is 9.97 Å². The molecular formula is C14H13N3S. The number of anilines is 1. The summed E-state index contributed by atoms with van der Waals surface area (Å²) in [5.41, 5.74) is 0. The van der Waals surface area contributed by atoms with Crippen molar-refractivity contribution in [3.05, 3.63) is 52.6 Å². The topological polar surface area (TPSA) is 37.8 Å². The zero-order valence-electron chi connectivity index (χ0n) is 10.1. The lowest BCUT2D eigenvalue weighted by atomic mass is 10.1. The minimum atomic E-state index is 0.770. The molecule has 0 bridgehead atoms. The number of fused-ring (bicyclic) bond motifs is 1. The van der Waals surface area contributed by atoms with Crippen molar-refractivity contribution in [2.24, 2.45) is 0 Å². The Labute approximate surface area is 110 Å². The van der Waals surface area contributed by atoms with Crippen molar-refractivity contribution in [3.63, 3.8) is 0 Å². The molecule has 0 atom stereocenters. The predicted octanol–water partition coefficient (Wildman–Crippen LogP) is 3.61. The summed E-state index contributed by atoms with van der Waals surface area (Å²) in [4.78, 5) is 9.88. The zero-order valence-corrected chi connectivity index (χ0v) is 10.9. The number of hydrogen-bond acceptors (Lipinski definition) is 4. The number of nitrogens with zero attached hydrogens (tertiary/aromatic N) is 2. The first kappa shape index (κ1) is 11.2. The standard InChI is InChI=1S/C14H13N3S/c1-10-16-8-12(18-10)9-17-14-13-5-3-2-4-11(13)6-7-15-14/h2-8H,9H2,1H3,(H,15,17). The molecule has 18 heavy (non-hydrogen) atoms. The maximum Gasteiger partial charge on any atom is 0.134 e. The Bertz CT molecular complexity index is 670. The van der Waals surface area contributed by atoms with Crippen LogP contribution in [0.1, 0.15) is 9.88 Å². The molecule has 0 unspecified atom stereocenters. The quantitative estimate of drug-likeness (QED) is 0.777. The van der Waals surface area contributed by atoms with Crippen LogP contribution in [0.3, 0.4) is 0 Å². The van der Waals surface area contributed by atoms with Crippen LogP contribution in [0, 0.1) is 6.92 Å². The molecule has 4 heteroatoms. The number of benzene rings is 1. The second-order valence-corrected chi connectivity index (χ2v) is 5.40. The Balaban J connectivity index is 1.86. The number of rotatable bonds is 3. The maximum atomic E-state index is 4.40. The fourth-order valence-electron chi connectivity index (χ4n) is 1.92. The molecule has 0 saturated carbocycles. The Morgan fingerprint density at radius 1 is 1.17 bits per heavy atom. The largest absolute Gasteiger partial charge is 0.365 e. The van der Waals surface area contributed by atoms with Gasteiger partial charge in [-0.3, -0.25) is 0 Å². The van der Waals surface area contributed by atoms with Gasteiger partial charge in [0.2, 0.25) is 0 Å². The Morgan fingerprint density at radius 2 is 2.06 bits per heavy atom. The van der Waals surface area contributed by atoms with Gasteiger partial charge in [0.25, 0.3) is 0 Å². The van der Waals surface area contributed by atoms with E-state index in [1.54, 1.807) is 11.3 Å². The summed E-state index contributed by atoms with van der Waals surface area (Å²) in [6, 6.07) is 10.3. The van der Waals surface area contributed by atoms with Gasteiger partial charge in [-0.2, -0.15) is 0 Å². The van der Waals surface area contributed by atoms with Crippen LogP contribution in [0.4, 0.5) is 5.82 Å². The van der Waals surface area contributed by atoms with Crippen LogP contribution >= 0.6 is 11.3 Å². The van der Waals surface area contributed by atoms with E-state index in [1.165, 1.54) is 10.3 Å². The van der Waals surface area contributed by atoms with Crippen LogP contribution in [0.25, 0.3) is 10.8 Å². The minimum absolute atomic E-state index is 0.770. The van der Waals surface area contributed by atoms with Gasteiger partial charge in [0, 0.05) is 22.7 Å². The lowest BCUT2D eigenvalue weighted by Gasteiger charge is -2.07. The van der Waals surface area contributed by atoms with Gasteiger partial charge in [-0.1, -0.05) is 24.3 Å². The smallest absolute Gasteiger partial charge is 0.134 e. The Hall–Kier alpha value is -1.94. The molecule has 2 aromatic heterocycles. The summed E-state index contributed by atoms with van der Waals surface area (Å²) in [6.07, 6.45) is 3.75. The number of pyridine rings is 1. The number of aromatic nitrogens is 2. The molecule has 0 aliphatic heterocycles. The fraction of sp³-hybridized carbons (Fsp3) is 0.143. The summed E-state index contributed by atoms with van der Waals surface area (Å²) >= 11 is 1.71. The van der Waals surface area contributed by atoms with E-state index >= 15 is 0 Å². The van der Waals surface area contributed by atoms with Gasteiger partial charge >= 0.3 is 0 Å². The molecule has 0 aliphatic rings. The van der Waals surface area contributed by atoms with Crippen LogP contribution in [0.5, 0.6) is 0 Å². The number of thiazole rings is 1. The minimum Gasteiger partial charge on any atom is -0.365 e. The maximum absolute atomic E-state index is 4.40. The molecule has 0 amide bonds. The third kappa shape index (κ3) is 2.19. The van der Waals surface area contributed by atoms with Crippen molar-refractivity contribution in [2.75, 3.05) is 5.32 Å². The average molecular weight is 255 g/mol. The van der Waals surface area contributed by atoms with E-state index in [4.69, 9.17) is 0 Å². The SMILES string of the molecule is Cc1ncc(CNc2nccc3ccccc23)s1. The van der Waals surface area contributed by atoms with Crippen molar-refractivity contribution < 1.29 is 0 Å². The van der Waals surface area contributed by atoms with Gasteiger partial charge in [-0.25, -0.2) is 9.97 Å². The summed E-state index contributed by atoms with van der Waals surface area (Å²) in [6.45, 7) is 2.79. The molecule has 0 saturated heterocycles. The van der Waals surface area contributed by atoms with Crippen molar-refractivity contribution in [1.82, 2.24) is 9.97 Å². The highest BCUT2D eigenvalue weighted by Gasteiger charge is 2.02. The van der Waals surface area contributed by atoms with Crippen molar-refractivity contribution in [2.45, 2.75) is 13.5 Å². The molecule has 1 N–H and O–H groups in total. The third-order valence-corrected chi connectivity index (χ3v) is 3.69. The van der Waals surface area contributed by atoms with Crippen LogP contribution in [0.2, 0.25) is 0 Å². The van der Waals surface area contributed by atoms with E-state index in [0.29, 0.717) is 0 Å². The van der Waals surface area contributed by atoms with Crippen LogP contribution in [0.15, 0.2) is 42.7 Å². The Morgan fingerprint density at radius 3 is 2.89 bits per heavy atom. The van der Waals surface area contributed by atoms with Crippen LogP contribution < -0.4 is 5.32 Å². The molecule has 0 aliphatic carbocycles. The van der Waals surface area contributed by atoms with Gasteiger partial charge in [0.15, 0.2) is 0 Å². The third-order valence-electron chi connectivity index (χ3n) is 2.77. The highest BCUT2D eigenvalue weighted by atomic mass is 32.1. The van der Waals surface area contributed by atoms with Gasteiger partial charge in [-0.05, 0) is 18.4 Å². The van der Waals surface area contributed by atoms with Crippen LogP contribution in [-0.2, 0) is 6.54 Å². The molecule has 2 heterocycles. The van der Waals surface area contributed by atoms with E-state index in [-0.39, 0.29) is 0 Å². The van der Waals surface area contributed by atoms with Crippen molar-refractivity contribution >= 4 is 27.9 Å². The molecule has 3 rings (SSSR count). The van der Waals surface area contributed by atoms with Gasteiger partial charge in [0.05, 0.1) is 11.6 Å². The first-order valence-electron chi connectivity index (χ1n) is 5.82. The van der Waals surface area contributed by atoms with E-state index in [9.17, 15) is 0 Å². The molecule has 3 nitrogen and oxygen atoms in total. The molecule has 0 spiro atoms. The molecule has 3 aromatic rings. The lowest BCUT2D eigenvalue weighted by molar-refractivity contribution is 1.14. The number of nitrogens with one attached hydrogen (secondary N) is 1. The van der Waals surface area contributed by atoms with Crippen molar-refractivity contribution in [3.8, 4) is 0 Å². The highest BCUT2D eigenvalue weighted by Crippen LogP contribution is 2.21. The molecule has 90 valence electrons. The summed E-state index contributed by atoms with van der Waals surface area (Å²) in [5, 5.41) is 6.83. The molecular weight excluding hydrogens is 242 g/mol. The average Bonchev–Trinajstić information content (AvgIpc) is 2.82. The second-order valence-electron chi connectivity index (χ2n) is 4.08. The van der Waals surface area contributed by atoms with E-state index < -0.39 is 0 Å². The normalized spacial score (nSPS) is 10.7. The zero-order chi connectivity index (χ0) is 12.4. The number of hydrogen-bond donors (Lipinski definition) is 1. The Kier molecular flexibility index (Phi) is 2.94. The van der Waals surface area contributed by atoms with Gasteiger partial charge < -0.3 is 5.32 Å². The number of aryl methyl sites for hydroxylation is 1. The highest BCUT2D eigenvalue weighted by molar-refractivity contribution is 7.11. The van der Waals surface area contributed by atoms with Crippen molar-refractivity contribution in [1.29, 1.82) is 0 Å². The fourth-order valence-corrected chi connectivity index (χ4v) is 2.65. The lowest BCUT2D eigenvalue weighted by Crippen LogP contribution is -2.00. The molecule has 0 fully saturated rings.